The molecule has 0 radical (unpaired) electrons. The van der Waals surface area contributed by atoms with Gasteiger partial charge in [0.05, 0.1) is 0 Å². The van der Waals surface area contributed by atoms with Gasteiger partial charge in [-0.3, -0.25) is 0 Å². The van der Waals surface area contributed by atoms with Crippen LogP contribution in [0.1, 0.15) is 0 Å². The second-order valence-electron chi connectivity index (χ2n) is 2.76. The molecule has 3 nitrogen and oxygen atoms in total. The van der Waals surface area contributed by atoms with Crippen molar-refractivity contribution >= 4 is 23.8 Å². The second-order valence-corrected chi connectivity index (χ2v) is 7.00. The topological polar surface area (TPSA) is 27.7 Å². The van der Waals surface area contributed by atoms with Gasteiger partial charge in [0.25, 0.3) is 0 Å². The average molecular weight is 228 g/mol. The molecule has 0 aliphatic heterocycles. The molecule has 0 aromatic heterocycles. The van der Waals surface area contributed by atoms with Crippen LogP contribution in [0, 0.1) is 0 Å². The number of hydrogen-bond acceptors (Lipinski definition) is 3. The summed E-state index contributed by atoms with van der Waals surface area (Å²) in [5.74, 6) is 0. The molecular weight excluding hydrogens is 212 g/mol. The molecule has 0 spiro atoms. The second kappa shape index (κ2) is 5.42. The Hall–Kier alpha value is -0.466. The summed E-state index contributed by atoms with van der Waals surface area (Å²) >= 11 is 0. The van der Waals surface area contributed by atoms with Crippen LogP contribution >= 0.6 is 0 Å². The molecule has 0 saturated heterocycles. The fourth-order valence-electron chi connectivity index (χ4n) is 1.35. The van der Waals surface area contributed by atoms with Crippen molar-refractivity contribution in [2.45, 2.75) is 6.55 Å². The third kappa shape index (κ3) is 2.31. The summed E-state index contributed by atoms with van der Waals surface area (Å²) in [6.45, 7) is 2.07. The van der Waals surface area contributed by atoms with Crippen LogP contribution in [0.15, 0.2) is 30.3 Å². The molecule has 1 aromatic rings. The Morgan fingerprint density at radius 3 is 2.07 bits per heavy atom. The van der Waals surface area contributed by atoms with Gasteiger partial charge >= 0.3 is 8.80 Å². The molecule has 0 unspecified atom stereocenters. The molecule has 14 heavy (non-hydrogen) atoms. The maximum Gasteiger partial charge on any atom is 0.525 e. The van der Waals surface area contributed by atoms with E-state index in [1.807, 2.05) is 30.3 Å². The third-order valence-electron chi connectivity index (χ3n) is 2.00. The minimum Gasteiger partial charge on any atom is -0.418 e. The van der Waals surface area contributed by atoms with Crippen LogP contribution in [0.25, 0.3) is 0 Å². The fourth-order valence-corrected chi connectivity index (χ4v) is 5.72. The molecule has 0 fully saturated rings. The van der Waals surface area contributed by atoms with Gasteiger partial charge in [-0.05, 0) is 0 Å². The van der Waals surface area contributed by atoms with Crippen molar-refractivity contribution in [2.24, 2.45) is 0 Å². The van der Waals surface area contributed by atoms with E-state index in [0.717, 1.165) is 5.19 Å². The van der Waals surface area contributed by atoms with Gasteiger partial charge in [0.2, 0.25) is 0 Å². The molecule has 0 bridgehead atoms. The summed E-state index contributed by atoms with van der Waals surface area (Å²) in [4.78, 5) is 0. The molecule has 0 amide bonds. The molecule has 0 N–H and O–H groups in total. The predicted molar refractivity (Wildman–Crippen MR) is 61.3 cm³/mol. The van der Waals surface area contributed by atoms with Gasteiger partial charge < -0.3 is 13.0 Å². The molecule has 0 aliphatic rings. The summed E-state index contributed by atoms with van der Waals surface area (Å²) in [6.07, 6.45) is 0. The van der Waals surface area contributed by atoms with Crippen molar-refractivity contribution in [1.29, 1.82) is 0 Å². The Morgan fingerprint density at radius 1 is 1.07 bits per heavy atom. The quantitative estimate of drug-likeness (QED) is 0.677. The third-order valence-corrected chi connectivity index (χ3v) is 6.79. The Bertz CT molecular complexity index is 262. The predicted octanol–water partition coefficient (Wildman–Crippen LogP) is 0.274. The number of rotatable bonds is 5. The Labute approximate surface area is 88.3 Å². The minimum absolute atomic E-state index is 0.544. The first-order valence-electron chi connectivity index (χ1n) is 4.59. The maximum absolute atomic E-state index is 5.75. The smallest absolute Gasteiger partial charge is 0.418 e. The van der Waals surface area contributed by atoms with Crippen LogP contribution in [-0.2, 0) is 13.0 Å². The van der Waals surface area contributed by atoms with Crippen molar-refractivity contribution in [3.8, 4) is 0 Å². The van der Waals surface area contributed by atoms with E-state index in [4.69, 9.17) is 13.0 Å². The van der Waals surface area contributed by atoms with Gasteiger partial charge in [-0.25, -0.2) is 0 Å². The fraction of sp³-hybridized carbons (Fsp3) is 0.333. The van der Waals surface area contributed by atoms with Gasteiger partial charge in [0.1, 0.15) is 9.76 Å². The monoisotopic (exact) mass is 228 g/mol. The van der Waals surface area contributed by atoms with E-state index in [0.29, 0.717) is 0 Å². The summed E-state index contributed by atoms with van der Waals surface area (Å²) in [5, 5.41) is 1.03. The van der Waals surface area contributed by atoms with E-state index in [2.05, 4.69) is 6.55 Å². The maximum atomic E-state index is 5.75. The summed E-state index contributed by atoms with van der Waals surface area (Å²) < 4.78 is 16.6. The van der Waals surface area contributed by atoms with Crippen molar-refractivity contribution in [2.75, 3.05) is 14.2 Å². The molecule has 0 atom stereocenters. The Kier molecular flexibility index (Phi) is 4.50. The van der Waals surface area contributed by atoms with E-state index in [9.17, 15) is 0 Å². The van der Waals surface area contributed by atoms with E-state index in [-0.39, 0.29) is 0 Å². The van der Waals surface area contributed by atoms with Crippen LogP contribution in [0.4, 0.5) is 0 Å². The molecule has 0 aliphatic carbocycles. The summed E-state index contributed by atoms with van der Waals surface area (Å²) in [5.41, 5.74) is 0. The average Bonchev–Trinajstić information content (AvgIpc) is 2.27. The van der Waals surface area contributed by atoms with Crippen molar-refractivity contribution in [1.82, 2.24) is 0 Å². The standard InChI is InChI=1S/C9H16O3Si2/c1-10-14(11-2,12-13-3)9-7-5-4-6-8-9/h4-8H,13H2,1-3H3. The molecule has 78 valence electrons. The normalized spacial score (nSPS) is 12.5. The number of hydrogen-bond donors (Lipinski definition) is 0. The zero-order valence-electron chi connectivity index (χ0n) is 8.82. The van der Waals surface area contributed by atoms with E-state index >= 15 is 0 Å². The molecule has 0 saturated carbocycles. The molecule has 1 aromatic carbocycles. The van der Waals surface area contributed by atoms with Crippen LogP contribution in [0.3, 0.4) is 0 Å². The Balaban J connectivity index is 2.98. The van der Waals surface area contributed by atoms with E-state index in [1.54, 1.807) is 14.2 Å². The largest absolute Gasteiger partial charge is 0.525 e. The van der Waals surface area contributed by atoms with Crippen molar-refractivity contribution < 1.29 is 13.0 Å². The van der Waals surface area contributed by atoms with Crippen LogP contribution in [0.2, 0.25) is 6.55 Å². The highest BCUT2D eigenvalue weighted by Crippen LogP contribution is 2.06. The van der Waals surface area contributed by atoms with Gasteiger partial charge in [0, 0.05) is 19.4 Å². The molecule has 0 heterocycles. The Morgan fingerprint density at radius 2 is 1.64 bits per heavy atom. The first kappa shape index (κ1) is 11.6. The first-order chi connectivity index (χ1) is 6.79. The van der Waals surface area contributed by atoms with Gasteiger partial charge in [-0.15, -0.1) is 0 Å². The highest BCUT2D eigenvalue weighted by Gasteiger charge is 2.40. The molecular formula is C9H16O3Si2. The first-order valence-corrected chi connectivity index (χ1v) is 8.30. The van der Waals surface area contributed by atoms with Crippen LogP contribution in [0.5, 0.6) is 0 Å². The molecule has 1 rings (SSSR count). The summed E-state index contributed by atoms with van der Waals surface area (Å²) in [7, 11) is 0.189. The lowest BCUT2D eigenvalue weighted by Crippen LogP contribution is -2.55. The van der Waals surface area contributed by atoms with Crippen molar-refractivity contribution in [3.63, 3.8) is 0 Å². The van der Waals surface area contributed by atoms with Gasteiger partial charge in [0.15, 0.2) is 0 Å². The van der Waals surface area contributed by atoms with Crippen molar-refractivity contribution in [3.05, 3.63) is 30.3 Å². The van der Waals surface area contributed by atoms with Gasteiger partial charge in [-0.2, -0.15) is 0 Å². The lowest BCUT2D eigenvalue weighted by Gasteiger charge is -2.26. The van der Waals surface area contributed by atoms with Crippen LogP contribution in [-0.4, -0.2) is 32.8 Å². The highest BCUT2D eigenvalue weighted by molar-refractivity contribution is 6.78. The highest BCUT2D eigenvalue weighted by atomic mass is 28.4. The lowest BCUT2D eigenvalue weighted by atomic mass is 10.4. The molecule has 5 heteroatoms. The van der Waals surface area contributed by atoms with Crippen LogP contribution < -0.4 is 5.19 Å². The number of benzene rings is 1. The SMILES string of the molecule is CO[Si](OC)(O[SiH2]C)c1ccccc1. The zero-order valence-corrected chi connectivity index (χ0v) is 11.2. The minimum atomic E-state index is -2.56. The van der Waals surface area contributed by atoms with Gasteiger partial charge in [-0.1, -0.05) is 36.9 Å². The lowest BCUT2D eigenvalue weighted by molar-refractivity contribution is 0.181. The zero-order chi connectivity index (χ0) is 10.4. The van der Waals surface area contributed by atoms with E-state index in [1.165, 1.54) is 0 Å². The summed E-state index contributed by atoms with van der Waals surface area (Å²) in [6, 6.07) is 9.88. The van der Waals surface area contributed by atoms with E-state index < -0.39 is 18.6 Å².